The first-order chi connectivity index (χ1) is 13.0. The van der Waals surface area contributed by atoms with Gasteiger partial charge in [-0.05, 0) is 30.2 Å². The number of hydrogen-bond donors (Lipinski definition) is 1. The standard InChI is InChI=1S/C22H20N2O2S/c1-17-12-14-20(15-13-17)27(25,26)24-22(19-10-6-3-7-11-19)21(16-23)18-8-4-2-5-9-18/h2-15,21-22,24H,1H3/t21-,22-/m0/s1. The third-order valence-corrected chi connectivity index (χ3v) is 5.86. The van der Waals surface area contributed by atoms with Crippen molar-refractivity contribution in [3.63, 3.8) is 0 Å². The molecule has 3 aromatic carbocycles. The number of rotatable bonds is 6. The molecule has 4 nitrogen and oxygen atoms in total. The molecule has 0 aliphatic heterocycles. The largest absolute Gasteiger partial charge is 0.241 e. The molecule has 2 atom stereocenters. The number of nitrogens with one attached hydrogen (secondary N) is 1. The second kappa shape index (κ2) is 8.17. The summed E-state index contributed by atoms with van der Waals surface area (Å²) >= 11 is 0. The third kappa shape index (κ3) is 4.43. The van der Waals surface area contributed by atoms with Crippen molar-refractivity contribution in [1.29, 1.82) is 5.26 Å². The number of aryl methyl sites for hydroxylation is 1. The minimum Gasteiger partial charge on any atom is -0.207 e. The summed E-state index contributed by atoms with van der Waals surface area (Å²) in [5.74, 6) is -0.658. The molecule has 0 unspecified atom stereocenters. The maximum atomic E-state index is 13.0. The molecule has 0 aliphatic rings. The molecule has 1 N–H and O–H groups in total. The fourth-order valence-corrected chi connectivity index (χ4v) is 4.18. The smallest absolute Gasteiger partial charge is 0.207 e. The van der Waals surface area contributed by atoms with Crippen LogP contribution in [-0.2, 0) is 10.0 Å². The molecule has 0 saturated carbocycles. The topological polar surface area (TPSA) is 70.0 Å². The minimum absolute atomic E-state index is 0.179. The van der Waals surface area contributed by atoms with E-state index in [1.165, 1.54) is 0 Å². The Morgan fingerprint density at radius 3 is 1.85 bits per heavy atom. The van der Waals surface area contributed by atoms with Crippen molar-refractivity contribution in [2.75, 3.05) is 0 Å². The predicted molar refractivity (Wildman–Crippen MR) is 105 cm³/mol. The van der Waals surface area contributed by atoms with Gasteiger partial charge in [0.25, 0.3) is 0 Å². The lowest BCUT2D eigenvalue weighted by Gasteiger charge is -2.24. The van der Waals surface area contributed by atoms with Crippen LogP contribution in [0.5, 0.6) is 0 Å². The van der Waals surface area contributed by atoms with Gasteiger partial charge in [-0.3, -0.25) is 0 Å². The van der Waals surface area contributed by atoms with Crippen molar-refractivity contribution in [3.8, 4) is 6.07 Å². The van der Waals surface area contributed by atoms with Gasteiger partial charge < -0.3 is 0 Å². The van der Waals surface area contributed by atoms with Crippen molar-refractivity contribution < 1.29 is 8.42 Å². The maximum Gasteiger partial charge on any atom is 0.241 e. The Labute approximate surface area is 160 Å². The molecule has 5 heteroatoms. The first kappa shape index (κ1) is 18.8. The highest BCUT2D eigenvalue weighted by Crippen LogP contribution is 2.32. The highest BCUT2D eigenvalue weighted by Gasteiger charge is 2.29. The highest BCUT2D eigenvalue weighted by molar-refractivity contribution is 7.89. The molecule has 0 amide bonds. The monoisotopic (exact) mass is 376 g/mol. The second-order valence-electron chi connectivity index (χ2n) is 6.34. The Kier molecular flexibility index (Phi) is 5.70. The van der Waals surface area contributed by atoms with Crippen LogP contribution in [0.2, 0.25) is 0 Å². The number of hydrogen-bond acceptors (Lipinski definition) is 3. The molecule has 136 valence electrons. The van der Waals surface area contributed by atoms with Crippen molar-refractivity contribution in [1.82, 2.24) is 4.72 Å². The zero-order chi connectivity index (χ0) is 19.3. The fourth-order valence-electron chi connectivity index (χ4n) is 2.94. The quantitative estimate of drug-likeness (QED) is 0.696. The van der Waals surface area contributed by atoms with E-state index in [-0.39, 0.29) is 4.90 Å². The van der Waals surface area contributed by atoms with Crippen LogP contribution in [0.4, 0.5) is 0 Å². The minimum atomic E-state index is -3.79. The lowest BCUT2D eigenvalue weighted by atomic mass is 9.89. The molecule has 0 heterocycles. The summed E-state index contributed by atoms with van der Waals surface area (Å²) < 4.78 is 28.7. The molecule has 0 aromatic heterocycles. The Hall–Kier alpha value is -2.94. The van der Waals surface area contributed by atoms with Crippen LogP contribution in [0.3, 0.4) is 0 Å². The first-order valence-electron chi connectivity index (χ1n) is 8.60. The van der Waals surface area contributed by atoms with E-state index in [2.05, 4.69) is 10.8 Å². The summed E-state index contributed by atoms with van der Waals surface area (Å²) in [6, 6.07) is 26.6. The van der Waals surface area contributed by atoms with Crippen LogP contribution < -0.4 is 4.72 Å². The number of nitriles is 1. The van der Waals surface area contributed by atoms with E-state index in [1.54, 1.807) is 24.3 Å². The average Bonchev–Trinajstić information content (AvgIpc) is 2.69. The Morgan fingerprint density at radius 1 is 0.815 bits per heavy atom. The summed E-state index contributed by atoms with van der Waals surface area (Å²) in [6.45, 7) is 1.90. The molecule has 3 aromatic rings. The Bertz CT molecular complexity index is 1030. The van der Waals surface area contributed by atoms with E-state index < -0.39 is 22.0 Å². The highest BCUT2D eigenvalue weighted by atomic mass is 32.2. The van der Waals surface area contributed by atoms with Gasteiger partial charge in [0.2, 0.25) is 10.0 Å². The van der Waals surface area contributed by atoms with Crippen LogP contribution in [0, 0.1) is 18.3 Å². The molecular formula is C22H20N2O2S. The van der Waals surface area contributed by atoms with Crippen LogP contribution in [0.15, 0.2) is 89.8 Å². The maximum absolute atomic E-state index is 13.0. The Balaban J connectivity index is 2.03. The van der Waals surface area contributed by atoms with Gasteiger partial charge in [-0.15, -0.1) is 0 Å². The summed E-state index contributed by atoms with van der Waals surface area (Å²) in [7, 11) is -3.79. The van der Waals surface area contributed by atoms with Gasteiger partial charge in [0.15, 0.2) is 0 Å². The van der Waals surface area contributed by atoms with Crippen molar-refractivity contribution in [3.05, 3.63) is 102 Å². The zero-order valence-electron chi connectivity index (χ0n) is 14.9. The molecule has 0 saturated heterocycles. The number of nitrogens with zero attached hydrogens (tertiary/aromatic N) is 1. The Morgan fingerprint density at radius 2 is 1.33 bits per heavy atom. The lowest BCUT2D eigenvalue weighted by Crippen LogP contribution is -2.32. The molecule has 27 heavy (non-hydrogen) atoms. The van der Waals surface area contributed by atoms with Gasteiger partial charge in [0, 0.05) is 0 Å². The first-order valence-corrected chi connectivity index (χ1v) is 10.1. The molecule has 0 spiro atoms. The SMILES string of the molecule is Cc1ccc(S(=O)(=O)N[C@@H](c2ccccc2)[C@@H](C#N)c2ccccc2)cc1. The summed E-state index contributed by atoms with van der Waals surface area (Å²) in [5.41, 5.74) is 2.48. The second-order valence-corrected chi connectivity index (χ2v) is 8.05. The number of benzene rings is 3. The van der Waals surface area contributed by atoms with Crippen LogP contribution in [0.1, 0.15) is 28.7 Å². The fraction of sp³-hybridized carbons (Fsp3) is 0.136. The van der Waals surface area contributed by atoms with Gasteiger partial charge in [-0.1, -0.05) is 78.4 Å². The zero-order valence-corrected chi connectivity index (χ0v) is 15.7. The summed E-state index contributed by atoms with van der Waals surface area (Å²) in [4.78, 5) is 0.179. The molecule has 0 radical (unpaired) electrons. The lowest BCUT2D eigenvalue weighted by molar-refractivity contribution is 0.539. The van der Waals surface area contributed by atoms with Gasteiger partial charge in [0.1, 0.15) is 0 Å². The van der Waals surface area contributed by atoms with Gasteiger partial charge in [0.05, 0.1) is 22.9 Å². The van der Waals surface area contributed by atoms with Gasteiger partial charge >= 0.3 is 0 Å². The predicted octanol–water partition coefficient (Wildman–Crippen LogP) is 4.32. The van der Waals surface area contributed by atoms with Crippen LogP contribution in [-0.4, -0.2) is 8.42 Å². The molecule has 3 rings (SSSR count). The van der Waals surface area contributed by atoms with E-state index in [0.717, 1.165) is 16.7 Å². The molecular weight excluding hydrogens is 356 g/mol. The van der Waals surface area contributed by atoms with Crippen molar-refractivity contribution in [2.45, 2.75) is 23.8 Å². The van der Waals surface area contributed by atoms with E-state index in [9.17, 15) is 13.7 Å². The van der Waals surface area contributed by atoms with Crippen molar-refractivity contribution >= 4 is 10.0 Å². The van der Waals surface area contributed by atoms with Crippen molar-refractivity contribution in [2.24, 2.45) is 0 Å². The van der Waals surface area contributed by atoms with E-state index in [4.69, 9.17) is 0 Å². The van der Waals surface area contributed by atoms with Gasteiger partial charge in [-0.2, -0.15) is 5.26 Å². The molecule has 0 aliphatic carbocycles. The van der Waals surface area contributed by atoms with Crippen LogP contribution in [0.25, 0.3) is 0 Å². The van der Waals surface area contributed by atoms with Crippen LogP contribution >= 0.6 is 0 Å². The van der Waals surface area contributed by atoms with E-state index in [1.807, 2.05) is 67.6 Å². The van der Waals surface area contributed by atoms with E-state index in [0.29, 0.717) is 0 Å². The normalized spacial score (nSPS) is 13.5. The molecule has 0 bridgehead atoms. The number of sulfonamides is 1. The summed E-state index contributed by atoms with van der Waals surface area (Å²) in [5, 5.41) is 9.83. The van der Waals surface area contributed by atoms with E-state index >= 15 is 0 Å². The van der Waals surface area contributed by atoms with Gasteiger partial charge in [-0.25, -0.2) is 13.1 Å². The summed E-state index contributed by atoms with van der Waals surface area (Å²) in [6.07, 6.45) is 0. The third-order valence-electron chi connectivity index (χ3n) is 4.40. The molecule has 0 fully saturated rings. The average molecular weight is 376 g/mol.